The molecule has 3 N–H and O–H groups in total. The summed E-state index contributed by atoms with van der Waals surface area (Å²) in [5.74, 6) is -0.0544. The van der Waals surface area contributed by atoms with Crippen molar-refractivity contribution in [3.05, 3.63) is 64.1 Å². The first-order valence-corrected chi connectivity index (χ1v) is 7.89. The van der Waals surface area contributed by atoms with E-state index in [1.54, 1.807) is 24.3 Å². The van der Waals surface area contributed by atoms with Crippen LogP contribution in [-0.4, -0.2) is 11.9 Å². The molecule has 0 radical (unpaired) electrons. The van der Waals surface area contributed by atoms with E-state index >= 15 is 0 Å². The second kappa shape index (κ2) is 7.63. The Morgan fingerprint density at radius 1 is 1.05 bits per heavy atom. The van der Waals surface area contributed by atoms with Crippen molar-refractivity contribution in [1.29, 1.82) is 0 Å². The van der Waals surface area contributed by atoms with Gasteiger partial charge in [0.05, 0.1) is 0 Å². The Hall–Kier alpha value is -1.55. The summed E-state index contributed by atoms with van der Waals surface area (Å²) in [7, 11) is 0. The Balaban J connectivity index is 1.96. The molecule has 2 atom stereocenters. The number of nitrogens with one attached hydrogen (secondary N) is 1. The smallest absolute Gasteiger partial charge is 0.282 e. The lowest BCUT2D eigenvalue weighted by Gasteiger charge is -2.17. The molecule has 2 aromatic carbocycles. The molecule has 0 saturated heterocycles. The average molecular weight is 338 g/mol. The molecule has 0 aliphatic carbocycles. The molecule has 116 valence electrons. The van der Waals surface area contributed by atoms with E-state index in [-0.39, 0.29) is 18.0 Å². The summed E-state index contributed by atoms with van der Waals surface area (Å²) in [5.41, 5.74) is 1.76. The number of carbonyl (C=O) groups is 1. The van der Waals surface area contributed by atoms with Gasteiger partial charge in [0.25, 0.3) is 5.91 Å². The first-order chi connectivity index (χ1) is 10.5. The Bertz CT molecular complexity index is 643. The number of quaternary nitrogens is 1. The molecule has 2 aromatic rings. The lowest BCUT2D eigenvalue weighted by atomic mass is 10.1. The van der Waals surface area contributed by atoms with Crippen molar-refractivity contribution in [1.82, 2.24) is 0 Å². The highest BCUT2D eigenvalue weighted by atomic mass is 35.5. The molecular weight excluding hydrogens is 319 g/mol. The number of halogens is 2. The molecule has 5 heteroatoms. The Morgan fingerprint density at radius 3 is 2.32 bits per heavy atom. The van der Waals surface area contributed by atoms with Gasteiger partial charge in [0.2, 0.25) is 0 Å². The molecule has 0 unspecified atom stereocenters. The monoisotopic (exact) mass is 337 g/mol. The number of rotatable bonds is 5. The fourth-order valence-electron chi connectivity index (χ4n) is 2.26. The van der Waals surface area contributed by atoms with Gasteiger partial charge in [0.1, 0.15) is 6.04 Å². The highest BCUT2D eigenvalue weighted by molar-refractivity contribution is 6.31. The highest BCUT2D eigenvalue weighted by Gasteiger charge is 2.21. The zero-order valence-electron chi connectivity index (χ0n) is 12.5. The summed E-state index contributed by atoms with van der Waals surface area (Å²) in [4.78, 5) is 12.2. The van der Waals surface area contributed by atoms with Gasteiger partial charge in [-0.1, -0.05) is 41.4 Å². The summed E-state index contributed by atoms with van der Waals surface area (Å²) in [6, 6.07) is 14.6. The fraction of sp³-hybridized carbons (Fsp3) is 0.235. The van der Waals surface area contributed by atoms with E-state index in [4.69, 9.17) is 23.2 Å². The van der Waals surface area contributed by atoms with Crippen LogP contribution in [0.5, 0.6) is 0 Å². The Kier molecular flexibility index (Phi) is 5.83. The quantitative estimate of drug-likeness (QED) is 0.859. The molecule has 0 bridgehead atoms. The zero-order chi connectivity index (χ0) is 16.1. The van der Waals surface area contributed by atoms with Crippen molar-refractivity contribution in [2.75, 3.05) is 5.32 Å². The maximum atomic E-state index is 12.2. The molecular formula is C17H19Cl2N2O+. The predicted octanol–water partition coefficient (Wildman–Crippen LogP) is 3.65. The molecule has 0 fully saturated rings. The number of benzene rings is 2. The highest BCUT2D eigenvalue weighted by Crippen LogP contribution is 2.19. The van der Waals surface area contributed by atoms with E-state index in [1.807, 2.05) is 43.4 Å². The second-order valence-electron chi connectivity index (χ2n) is 5.29. The van der Waals surface area contributed by atoms with Gasteiger partial charge in [0, 0.05) is 21.3 Å². The molecule has 3 nitrogen and oxygen atoms in total. The number of carbonyl (C=O) groups excluding carboxylic acids is 1. The van der Waals surface area contributed by atoms with Gasteiger partial charge in [-0.15, -0.1) is 0 Å². The Labute approximate surface area is 140 Å². The van der Waals surface area contributed by atoms with Crippen LogP contribution in [0.15, 0.2) is 48.5 Å². The van der Waals surface area contributed by atoms with E-state index in [1.165, 1.54) is 0 Å². The van der Waals surface area contributed by atoms with Crippen molar-refractivity contribution in [3.63, 3.8) is 0 Å². The van der Waals surface area contributed by atoms with E-state index in [2.05, 4.69) is 5.32 Å². The Morgan fingerprint density at radius 2 is 1.68 bits per heavy atom. The molecule has 2 rings (SSSR count). The van der Waals surface area contributed by atoms with Crippen LogP contribution in [0.2, 0.25) is 10.0 Å². The van der Waals surface area contributed by atoms with E-state index < -0.39 is 0 Å². The number of amides is 1. The van der Waals surface area contributed by atoms with Crippen LogP contribution in [0.1, 0.15) is 25.5 Å². The number of anilines is 1. The maximum absolute atomic E-state index is 12.2. The van der Waals surface area contributed by atoms with Crippen LogP contribution >= 0.6 is 23.2 Å². The van der Waals surface area contributed by atoms with Crippen molar-refractivity contribution in [2.24, 2.45) is 0 Å². The first-order valence-electron chi connectivity index (χ1n) is 7.13. The average Bonchev–Trinajstić information content (AvgIpc) is 2.49. The van der Waals surface area contributed by atoms with Gasteiger partial charge < -0.3 is 10.6 Å². The predicted molar refractivity (Wildman–Crippen MR) is 91.3 cm³/mol. The number of hydrogen-bond acceptors (Lipinski definition) is 1. The molecule has 0 saturated carbocycles. The van der Waals surface area contributed by atoms with Crippen LogP contribution < -0.4 is 10.6 Å². The van der Waals surface area contributed by atoms with Crippen LogP contribution in [0.25, 0.3) is 0 Å². The largest absolute Gasteiger partial charge is 0.330 e. The molecule has 0 aliphatic heterocycles. The van der Waals surface area contributed by atoms with Crippen molar-refractivity contribution < 1.29 is 10.1 Å². The summed E-state index contributed by atoms with van der Waals surface area (Å²) in [5, 5.41) is 6.23. The van der Waals surface area contributed by atoms with Crippen LogP contribution in [0.3, 0.4) is 0 Å². The van der Waals surface area contributed by atoms with Gasteiger partial charge in [-0.3, -0.25) is 4.79 Å². The topological polar surface area (TPSA) is 45.7 Å². The maximum Gasteiger partial charge on any atom is 0.282 e. The SMILES string of the molecule is C[C@H]([NH2+][C@H](C)C(=O)Nc1ccc(Cl)cc1)c1ccccc1Cl. The lowest BCUT2D eigenvalue weighted by molar-refractivity contribution is -0.709. The van der Waals surface area contributed by atoms with Gasteiger partial charge >= 0.3 is 0 Å². The first kappa shape index (κ1) is 16.8. The minimum atomic E-state index is -0.234. The van der Waals surface area contributed by atoms with Crippen LogP contribution in [0.4, 0.5) is 5.69 Å². The fourth-order valence-corrected chi connectivity index (χ4v) is 2.69. The minimum absolute atomic E-state index is 0.0544. The number of nitrogens with two attached hydrogens (primary N) is 1. The standard InChI is InChI=1S/C17H18Cl2N2O/c1-11(15-5-3-4-6-16(15)19)20-12(2)17(22)21-14-9-7-13(18)8-10-14/h3-12,20H,1-2H3,(H,21,22)/p+1/t11-,12+/m0/s1. The molecule has 1 amide bonds. The summed E-state index contributed by atoms with van der Waals surface area (Å²) >= 11 is 12.0. The lowest BCUT2D eigenvalue weighted by Crippen LogP contribution is -2.91. The molecule has 0 aliphatic rings. The zero-order valence-corrected chi connectivity index (χ0v) is 14.0. The minimum Gasteiger partial charge on any atom is -0.330 e. The number of hydrogen-bond donors (Lipinski definition) is 2. The van der Waals surface area contributed by atoms with E-state index in [0.717, 1.165) is 16.3 Å². The van der Waals surface area contributed by atoms with Crippen LogP contribution in [0, 0.1) is 0 Å². The third kappa shape index (κ3) is 4.47. The summed E-state index contributed by atoms with van der Waals surface area (Å²) < 4.78 is 0. The van der Waals surface area contributed by atoms with Gasteiger partial charge in [-0.25, -0.2) is 0 Å². The van der Waals surface area contributed by atoms with E-state index in [9.17, 15) is 4.79 Å². The molecule has 0 spiro atoms. The third-order valence-electron chi connectivity index (χ3n) is 3.50. The van der Waals surface area contributed by atoms with E-state index in [0.29, 0.717) is 5.02 Å². The van der Waals surface area contributed by atoms with Gasteiger partial charge in [-0.05, 0) is 44.2 Å². The van der Waals surface area contributed by atoms with Crippen molar-refractivity contribution in [3.8, 4) is 0 Å². The van der Waals surface area contributed by atoms with Crippen molar-refractivity contribution in [2.45, 2.75) is 25.9 Å². The molecule has 0 aromatic heterocycles. The summed E-state index contributed by atoms with van der Waals surface area (Å²) in [6.45, 7) is 3.91. The van der Waals surface area contributed by atoms with Crippen LogP contribution in [-0.2, 0) is 4.79 Å². The van der Waals surface area contributed by atoms with Gasteiger partial charge in [-0.2, -0.15) is 0 Å². The second-order valence-corrected chi connectivity index (χ2v) is 6.13. The molecule has 22 heavy (non-hydrogen) atoms. The normalized spacial score (nSPS) is 13.5. The third-order valence-corrected chi connectivity index (χ3v) is 4.09. The van der Waals surface area contributed by atoms with Gasteiger partial charge in [0.15, 0.2) is 6.04 Å². The summed E-state index contributed by atoms with van der Waals surface area (Å²) in [6.07, 6.45) is 0. The van der Waals surface area contributed by atoms with Crippen molar-refractivity contribution >= 4 is 34.8 Å². The molecule has 0 heterocycles.